The normalized spacial score (nSPS) is 16.1. The molecule has 0 unspecified atom stereocenters. The Kier molecular flexibility index (Phi) is 5.74. The number of pyridine rings is 1. The maximum Gasteiger partial charge on any atom is 0.0727 e. The van der Waals surface area contributed by atoms with Gasteiger partial charge in [-0.15, -0.1) is 0 Å². The van der Waals surface area contributed by atoms with Crippen LogP contribution in [0.4, 0.5) is 5.69 Å². The zero-order valence-corrected chi connectivity index (χ0v) is 16.2. The van der Waals surface area contributed by atoms with Gasteiger partial charge >= 0.3 is 0 Å². The van der Waals surface area contributed by atoms with E-state index < -0.39 is 0 Å². The van der Waals surface area contributed by atoms with Gasteiger partial charge in [0.2, 0.25) is 0 Å². The van der Waals surface area contributed by atoms with Crippen molar-refractivity contribution < 1.29 is 9.47 Å². The third kappa shape index (κ3) is 3.73. The number of hydrogen-bond acceptors (Lipinski definition) is 4. The van der Waals surface area contributed by atoms with E-state index >= 15 is 0 Å². The number of fused-ring (bicyclic) bond motifs is 1. The molecule has 2 aromatic rings. The summed E-state index contributed by atoms with van der Waals surface area (Å²) in [4.78, 5) is 7.25. The summed E-state index contributed by atoms with van der Waals surface area (Å²) in [7, 11) is 1.71. The molecular formula is C19H25BrN2O2. The maximum absolute atomic E-state index is 5.90. The number of rotatable bonds is 5. The Bertz CT molecular complexity index is 712. The molecule has 0 saturated carbocycles. The predicted molar refractivity (Wildman–Crippen MR) is 102 cm³/mol. The lowest BCUT2D eigenvalue weighted by Crippen LogP contribution is -2.38. The topological polar surface area (TPSA) is 34.6 Å². The van der Waals surface area contributed by atoms with Crippen LogP contribution in [0, 0.1) is 13.8 Å². The van der Waals surface area contributed by atoms with Crippen molar-refractivity contribution >= 4 is 32.5 Å². The van der Waals surface area contributed by atoms with Crippen LogP contribution in [-0.2, 0) is 9.47 Å². The lowest BCUT2D eigenvalue weighted by atomic mass is 10.0. The highest BCUT2D eigenvalue weighted by molar-refractivity contribution is 9.10. The van der Waals surface area contributed by atoms with Gasteiger partial charge in [0.05, 0.1) is 30.5 Å². The highest BCUT2D eigenvalue weighted by Gasteiger charge is 2.23. The zero-order chi connectivity index (χ0) is 17.1. The second-order valence-corrected chi connectivity index (χ2v) is 7.30. The second kappa shape index (κ2) is 7.81. The number of aromatic nitrogens is 1. The van der Waals surface area contributed by atoms with E-state index in [4.69, 9.17) is 14.5 Å². The number of hydrogen-bond donors (Lipinski definition) is 0. The molecule has 1 fully saturated rings. The number of nitrogens with zero attached hydrogens (tertiary/aromatic N) is 2. The Labute approximate surface area is 152 Å². The number of anilines is 1. The minimum Gasteiger partial charge on any atom is -0.382 e. The Morgan fingerprint density at radius 1 is 1.21 bits per heavy atom. The van der Waals surface area contributed by atoms with Crippen LogP contribution in [-0.4, -0.2) is 44.5 Å². The molecule has 0 radical (unpaired) electrons. The van der Waals surface area contributed by atoms with Crippen molar-refractivity contribution in [2.24, 2.45) is 0 Å². The van der Waals surface area contributed by atoms with Crippen LogP contribution in [0.15, 0.2) is 22.7 Å². The van der Waals surface area contributed by atoms with Crippen molar-refractivity contribution in [3.8, 4) is 0 Å². The van der Waals surface area contributed by atoms with Crippen LogP contribution < -0.4 is 4.90 Å². The number of ether oxygens (including phenoxy) is 2. The molecular weight excluding hydrogens is 368 g/mol. The molecule has 1 aromatic carbocycles. The van der Waals surface area contributed by atoms with Crippen LogP contribution in [0.5, 0.6) is 0 Å². The van der Waals surface area contributed by atoms with Crippen LogP contribution in [0.25, 0.3) is 10.9 Å². The molecule has 0 atom stereocenters. The van der Waals surface area contributed by atoms with E-state index in [1.165, 1.54) is 16.6 Å². The molecule has 3 rings (SSSR count). The first kappa shape index (κ1) is 17.6. The lowest BCUT2D eigenvalue weighted by molar-refractivity contribution is 0.00611. The van der Waals surface area contributed by atoms with Crippen LogP contribution in [0.2, 0.25) is 0 Å². The molecule has 0 spiro atoms. The molecule has 0 bridgehead atoms. The van der Waals surface area contributed by atoms with E-state index in [2.05, 4.69) is 52.9 Å². The average molecular weight is 393 g/mol. The predicted octanol–water partition coefficient (Wildman–Crippen LogP) is 4.25. The van der Waals surface area contributed by atoms with Gasteiger partial charge < -0.3 is 14.4 Å². The van der Waals surface area contributed by atoms with Gasteiger partial charge in [0, 0.05) is 35.8 Å². The van der Waals surface area contributed by atoms with Crippen LogP contribution in [0.1, 0.15) is 24.1 Å². The Hall–Kier alpha value is -1.17. The molecule has 130 valence electrons. The van der Waals surface area contributed by atoms with Gasteiger partial charge in [-0.25, -0.2) is 0 Å². The summed E-state index contributed by atoms with van der Waals surface area (Å²) in [5, 5.41) is 1.23. The summed E-state index contributed by atoms with van der Waals surface area (Å²) in [5.41, 5.74) is 4.78. The molecule has 2 heterocycles. The van der Waals surface area contributed by atoms with Crippen molar-refractivity contribution in [1.82, 2.24) is 4.98 Å². The minimum absolute atomic E-state index is 0.345. The van der Waals surface area contributed by atoms with Gasteiger partial charge in [0.1, 0.15) is 0 Å². The molecule has 1 aliphatic heterocycles. The zero-order valence-electron chi connectivity index (χ0n) is 14.6. The third-order valence-corrected chi connectivity index (χ3v) is 5.29. The number of halogens is 1. The fourth-order valence-electron chi connectivity index (χ4n) is 3.39. The minimum atomic E-state index is 0.345. The van der Waals surface area contributed by atoms with E-state index in [0.29, 0.717) is 19.3 Å². The Morgan fingerprint density at radius 2 is 1.96 bits per heavy atom. The number of piperidine rings is 1. The van der Waals surface area contributed by atoms with E-state index in [9.17, 15) is 0 Å². The molecule has 1 aliphatic rings. The molecule has 0 amide bonds. The van der Waals surface area contributed by atoms with Crippen LogP contribution in [0.3, 0.4) is 0 Å². The van der Waals surface area contributed by atoms with Crippen molar-refractivity contribution in [2.75, 3.05) is 38.3 Å². The van der Waals surface area contributed by atoms with E-state index in [-0.39, 0.29) is 0 Å². The smallest absolute Gasteiger partial charge is 0.0727 e. The lowest BCUT2D eigenvalue weighted by Gasteiger charge is -2.35. The summed E-state index contributed by atoms with van der Waals surface area (Å²) in [5.74, 6) is 0. The summed E-state index contributed by atoms with van der Waals surface area (Å²) in [6.07, 6.45) is 2.46. The Morgan fingerprint density at radius 3 is 2.67 bits per heavy atom. The second-order valence-electron chi connectivity index (χ2n) is 6.38. The van der Waals surface area contributed by atoms with Crippen molar-refractivity contribution in [3.63, 3.8) is 0 Å². The summed E-state index contributed by atoms with van der Waals surface area (Å²) >= 11 is 3.60. The van der Waals surface area contributed by atoms with Gasteiger partial charge in [0.15, 0.2) is 0 Å². The molecule has 1 saturated heterocycles. The highest BCUT2D eigenvalue weighted by Crippen LogP contribution is 2.34. The first-order chi connectivity index (χ1) is 11.6. The molecule has 0 aliphatic carbocycles. The van der Waals surface area contributed by atoms with Gasteiger partial charge in [-0.3, -0.25) is 4.98 Å². The van der Waals surface area contributed by atoms with Gasteiger partial charge in [-0.1, -0.05) is 15.9 Å². The fourth-order valence-corrected chi connectivity index (χ4v) is 3.75. The molecule has 0 N–H and O–H groups in total. The summed E-state index contributed by atoms with van der Waals surface area (Å²) < 4.78 is 12.1. The van der Waals surface area contributed by atoms with E-state index in [1.807, 2.05) is 0 Å². The highest BCUT2D eigenvalue weighted by atomic mass is 79.9. The van der Waals surface area contributed by atoms with Gasteiger partial charge in [-0.2, -0.15) is 0 Å². The largest absolute Gasteiger partial charge is 0.382 e. The molecule has 24 heavy (non-hydrogen) atoms. The first-order valence-electron chi connectivity index (χ1n) is 8.52. The van der Waals surface area contributed by atoms with Crippen molar-refractivity contribution in [1.29, 1.82) is 0 Å². The summed E-state index contributed by atoms with van der Waals surface area (Å²) in [6.45, 7) is 7.67. The van der Waals surface area contributed by atoms with Gasteiger partial charge in [-0.05, 0) is 50.5 Å². The number of methoxy groups -OCH3 is 1. The first-order valence-corrected chi connectivity index (χ1v) is 9.31. The standard InChI is InChI=1S/C19H25BrN2O2/c1-13-14(2)21-18-5-4-15(20)12-17(18)19(13)22-8-6-16(7-9-22)24-11-10-23-3/h4-5,12,16H,6-11H2,1-3H3. The molecule has 4 nitrogen and oxygen atoms in total. The average Bonchev–Trinajstić information content (AvgIpc) is 2.58. The van der Waals surface area contributed by atoms with Gasteiger partial charge in [0.25, 0.3) is 0 Å². The van der Waals surface area contributed by atoms with E-state index in [0.717, 1.165) is 41.6 Å². The van der Waals surface area contributed by atoms with E-state index in [1.54, 1.807) is 7.11 Å². The van der Waals surface area contributed by atoms with Crippen molar-refractivity contribution in [3.05, 3.63) is 33.9 Å². The quantitative estimate of drug-likeness (QED) is 0.712. The summed E-state index contributed by atoms with van der Waals surface area (Å²) in [6, 6.07) is 6.34. The van der Waals surface area contributed by atoms with Crippen molar-refractivity contribution in [2.45, 2.75) is 32.8 Å². The number of aryl methyl sites for hydroxylation is 1. The SMILES string of the molecule is COCCOC1CCN(c2c(C)c(C)nc3ccc(Br)cc23)CC1. The number of benzene rings is 1. The monoisotopic (exact) mass is 392 g/mol. The Balaban J connectivity index is 1.82. The van der Waals surface area contributed by atoms with Crippen LogP contribution >= 0.6 is 15.9 Å². The maximum atomic E-state index is 5.90. The third-order valence-electron chi connectivity index (χ3n) is 4.80. The fraction of sp³-hybridized carbons (Fsp3) is 0.526. The molecule has 5 heteroatoms. The molecule has 1 aromatic heterocycles.